The van der Waals surface area contributed by atoms with Gasteiger partial charge in [-0.05, 0) is 31.6 Å². The van der Waals surface area contributed by atoms with Crippen molar-refractivity contribution in [1.29, 1.82) is 0 Å². The fourth-order valence-corrected chi connectivity index (χ4v) is 2.67. The summed E-state index contributed by atoms with van der Waals surface area (Å²) in [7, 11) is 0. The molecule has 0 aromatic carbocycles. The highest BCUT2D eigenvalue weighted by Crippen LogP contribution is 2.40. The number of H-pyrrole nitrogens is 1. The van der Waals surface area contributed by atoms with Gasteiger partial charge in [-0.2, -0.15) is 10.1 Å². The molecule has 0 saturated heterocycles. The van der Waals surface area contributed by atoms with E-state index in [9.17, 15) is 0 Å². The smallest absolute Gasteiger partial charge is 0.239 e. The molecule has 7 nitrogen and oxygen atoms in total. The van der Waals surface area contributed by atoms with Crippen LogP contribution in [0.15, 0.2) is 10.9 Å². The summed E-state index contributed by atoms with van der Waals surface area (Å²) in [6.07, 6.45) is 5.73. The van der Waals surface area contributed by atoms with Crippen molar-refractivity contribution in [2.45, 2.75) is 38.0 Å². The van der Waals surface area contributed by atoms with E-state index in [0.29, 0.717) is 24.1 Å². The molecular formula is C12H18N6O. The molecule has 0 aliphatic heterocycles. The first-order valence-corrected chi connectivity index (χ1v) is 6.63. The Morgan fingerprint density at radius 1 is 1.47 bits per heavy atom. The molecule has 7 heteroatoms. The molecule has 0 spiro atoms. The van der Waals surface area contributed by atoms with Crippen LogP contribution in [0, 0.1) is 5.92 Å². The number of hydrogen-bond donors (Lipinski definition) is 2. The average Bonchev–Trinajstić information content (AvgIpc) is 3.11. The van der Waals surface area contributed by atoms with Gasteiger partial charge in [0.2, 0.25) is 11.7 Å². The van der Waals surface area contributed by atoms with Gasteiger partial charge in [0.15, 0.2) is 5.82 Å². The summed E-state index contributed by atoms with van der Waals surface area (Å²) in [5.74, 6) is 2.34. The number of nitrogens with one attached hydrogen (secondary N) is 1. The van der Waals surface area contributed by atoms with Gasteiger partial charge in [0.05, 0.1) is 5.41 Å². The molecule has 2 aromatic heterocycles. The summed E-state index contributed by atoms with van der Waals surface area (Å²) in [5.41, 5.74) is 5.81. The van der Waals surface area contributed by atoms with Crippen LogP contribution in [0.1, 0.15) is 38.5 Å². The molecule has 3 N–H and O–H groups in total. The van der Waals surface area contributed by atoms with Gasteiger partial charge in [-0.1, -0.05) is 12.1 Å². The van der Waals surface area contributed by atoms with Gasteiger partial charge in [0.1, 0.15) is 6.33 Å². The Bertz CT molecular complexity index is 526. The number of nitrogens with zero attached hydrogens (tertiary/aromatic N) is 4. The third kappa shape index (κ3) is 2.14. The normalized spacial score (nSPS) is 27.6. The van der Waals surface area contributed by atoms with E-state index < -0.39 is 0 Å². The molecule has 0 atom stereocenters. The van der Waals surface area contributed by atoms with Gasteiger partial charge in [0, 0.05) is 6.54 Å². The lowest BCUT2D eigenvalue weighted by Crippen LogP contribution is -2.39. The first-order chi connectivity index (χ1) is 9.23. The first kappa shape index (κ1) is 12.3. The maximum atomic E-state index is 5.98. The SMILES string of the molecule is CC1CCC(CN)(c2nc(-c3ncn[nH]3)no2)CC1. The van der Waals surface area contributed by atoms with Gasteiger partial charge >= 0.3 is 0 Å². The number of aromatic amines is 1. The van der Waals surface area contributed by atoms with Crippen molar-refractivity contribution in [2.24, 2.45) is 11.7 Å². The summed E-state index contributed by atoms with van der Waals surface area (Å²) in [6.45, 7) is 2.81. The molecule has 19 heavy (non-hydrogen) atoms. The monoisotopic (exact) mass is 262 g/mol. The molecule has 1 fully saturated rings. The molecule has 0 radical (unpaired) electrons. The summed E-state index contributed by atoms with van der Waals surface area (Å²) in [5, 5.41) is 10.5. The van der Waals surface area contributed by atoms with Crippen LogP contribution in [0.5, 0.6) is 0 Å². The zero-order valence-corrected chi connectivity index (χ0v) is 11.0. The Balaban J connectivity index is 1.88. The predicted octanol–water partition coefficient (Wildman–Crippen LogP) is 1.26. The van der Waals surface area contributed by atoms with E-state index in [4.69, 9.17) is 10.3 Å². The van der Waals surface area contributed by atoms with E-state index in [2.05, 4.69) is 32.2 Å². The molecular weight excluding hydrogens is 244 g/mol. The van der Waals surface area contributed by atoms with E-state index in [1.54, 1.807) is 0 Å². The highest BCUT2D eigenvalue weighted by molar-refractivity contribution is 5.40. The van der Waals surface area contributed by atoms with Crippen LogP contribution in [-0.4, -0.2) is 31.9 Å². The Hall–Kier alpha value is -1.76. The van der Waals surface area contributed by atoms with Crippen LogP contribution in [0.4, 0.5) is 0 Å². The summed E-state index contributed by atoms with van der Waals surface area (Å²) in [4.78, 5) is 8.48. The zero-order valence-electron chi connectivity index (χ0n) is 11.0. The second-order valence-corrected chi connectivity index (χ2v) is 5.42. The maximum Gasteiger partial charge on any atom is 0.239 e. The lowest BCUT2D eigenvalue weighted by molar-refractivity contribution is 0.191. The molecule has 102 valence electrons. The van der Waals surface area contributed by atoms with E-state index in [1.165, 1.54) is 6.33 Å². The van der Waals surface area contributed by atoms with Crippen LogP contribution in [0.2, 0.25) is 0 Å². The number of aromatic nitrogens is 5. The molecule has 0 unspecified atom stereocenters. The Morgan fingerprint density at radius 3 is 2.89 bits per heavy atom. The summed E-state index contributed by atoms with van der Waals surface area (Å²) < 4.78 is 5.43. The van der Waals surface area contributed by atoms with Crippen LogP contribution < -0.4 is 5.73 Å². The van der Waals surface area contributed by atoms with E-state index in [-0.39, 0.29) is 5.41 Å². The average molecular weight is 262 g/mol. The minimum atomic E-state index is -0.169. The van der Waals surface area contributed by atoms with Crippen LogP contribution >= 0.6 is 0 Å². The molecule has 0 amide bonds. The van der Waals surface area contributed by atoms with Crippen molar-refractivity contribution in [3.05, 3.63) is 12.2 Å². The van der Waals surface area contributed by atoms with Crippen LogP contribution in [-0.2, 0) is 5.41 Å². The van der Waals surface area contributed by atoms with Gasteiger partial charge in [0.25, 0.3) is 0 Å². The van der Waals surface area contributed by atoms with E-state index in [0.717, 1.165) is 31.6 Å². The molecule has 3 rings (SSSR count). The molecule has 2 heterocycles. The third-order valence-electron chi connectivity index (χ3n) is 4.13. The van der Waals surface area contributed by atoms with Crippen molar-refractivity contribution < 1.29 is 4.52 Å². The van der Waals surface area contributed by atoms with E-state index >= 15 is 0 Å². The predicted molar refractivity (Wildman–Crippen MR) is 68.0 cm³/mol. The van der Waals surface area contributed by atoms with Crippen LogP contribution in [0.25, 0.3) is 11.6 Å². The maximum absolute atomic E-state index is 5.98. The van der Waals surface area contributed by atoms with Crippen molar-refractivity contribution in [2.75, 3.05) is 6.54 Å². The Kier molecular flexibility index (Phi) is 3.06. The third-order valence-corrected chi connectivity index (χ3v) is 4.13. The zero-order chi connectivity index (χ0) is 13.3. The quantitative estimate of drug-likeness (QED) is 0.862. The summed E-state index contributed by atoms with van der Waals surface area (Å²) >= 11 is 0. The van der Waals surface area contributed by atoms with Crippen molar-refractivity contribution in [3.8, 4) is 11.6 Å². The minimum Gasteiger partial charge on any atom is -0.338 e. The van der Waals surface area contributed by atoms with Crippen molar-refractivity contribution in [3.63, 3.8) is 0 Å². The number of hydrogen-bond acceptors (Lipinski definition) is 6. The second kappa shape index (κ2) is 4.73. The molecule has 1 aliphatic rings. The topological polar surface area (TPSA) is 107 Å². The van der Waals surface area contributed by atoms with Gasteiger partial charge in [-0.25, -0.2) is 4.98 Å². The highest BCUT2D eigenvalue weighted by atomic mass is 16.5. The van der Waals surface area contributed by atoms with Crippen molar-refractivity contribution in [1.82, 2.24) is 25.3 Å². The fraction of sp³-hybridized carbons (Fsp3) is 0.667. The Labute approximate surface area is 111 Å². The second-order valence-electron chi connectivity index (χ2n) is 5.42. The highest BCUT2D eigenvalue weighted by Gasteiger charge is 2.39. The molecule has 0 bridgehead atoms. The first-order valence-electron chi connectivity index (χ1n) is 6.63. The van der Waals surface area contributed by atoms with Gasteiger partial charge < -0.3 is 10.3 Å². The van der Waals surface area contributed by atoms with Crippen molar-refractivity contribution >= 4 is 0 Å². The molecule has 1 aliphatic carbocycles. The van der Waals surface area contributed by atoms with Gasteiger partial charge in [-0.3, -0.25) is 5.10 Å². The number of nitrogens with two attached hydrogens (primary N) is 1. The van der Waals surface area contributed by atoms with Gasteiger partial charge in [-0.15, -0.1) is 0 Å². The van der Waals surface area contributed by atoms with Crippen LogP contribution in [0.3, 0.4) is 0 Å². The summed E-state index contributed by atoms with van der Waals surface area (Å²) in [6, 6.07) is 0. The number of rotatable bonds is 3. The standard InChI is InChI=1S/C12H18N6O/c1-8-2-4-12(6-13,5-3-8)11-16-10(18-19-11)9-14-7-15-17-9/h7-8H,2-6,13H2,1H3,(H,14,15,17). The Morgan fingerprint density at radius 2 is 2.26 bits per heavy atom. The largest absolute Gasteiger partial charge is 0.338 e. The molecule has 2 aromatic rings. The lowest BCUT2D eigenvalue weighted by atomic mass is 9.71. The van der Waals surface area contributed by atoms with E-state index in [1.807, 2.05) is 0 Å². The lowest BCUT2D eigenvalue weighted by Gasteiger charge is -2.35. The fourth-order valence-electron chi connectivity index (χ4n) is 2.67. The minimum absolute atomic E-state index is 0.169. The molecule has 1 saturated carbocycles.